The van der Waals surface area contributed by atoms with E-state index < -0.39 is 12.6 Å². The number of ether oxygens (including phenoxy) is 1. The quantitative estimate of drug-likeness (QED) is 0.769. The number of carboxylic acid groups (broad SMARTS) is 1. The third-order valence-corrected chi connectivity index (χ3v) is 3.16. The van der Waals surface area contributed by atoms with Crippen molar-refractivity contribution < 1.29 is 19.4 Å². The van der Waals surface area contributed by atoms with Gasteiger partial charge in [0, 0.05) is 17.8 Å². The number of urea groups is 1. The standard InChI is InChI=1S/C14H18N2O4/c1-9-5-11(6-9)16-14(19)15-10-3-2-4-12(7-10)20-8-13(17)18/h2-4,7,9,11H,5-6,8H2,1H3,(H,17,18)(H2,15,16,19). The molecule has 3 N–H and O–H groups in total. The second kappa shape index (κ2) is 6.27. The first kappa shape index (κ1) is 14.2. The molecule has 1 aliphatic rings. The van der Waals surface area contributed by atoms with Gasteiger partial charge in [0.1, 0.15) is 5.75 Å². The molecule has 0 unspecified atom stereocenters. The fourth-order valence-electron chi connectivity index (χ4n) is 2.18. The molecule has 0 heterocycles. The number of amides is 2. The summed E-state index contributed by atoms with van der Waals surface area (Å²) in [5.74, 6) is 0.0377. The average Bonchev–Trinajstić information content (AvgIpc) is 2.35. The second-order valence-corrected chi connectivity index (χ2v) is 5.08. The Balaban J connectivity index is 1.84. The van der Waals surface area contributed by atoms with Crippen LogP contribution in [0.4, 0.5) is 10.5 Å². The highest BCUT2D eigenvalue weighted by Crippen LogP contribution is 2.26. The molecule has 1 fully saturated rings. The third kappa shape index (κ3) is 4.15. The van der Waals surface area contributed by atoms with Crippen molar-refractivity contribution in [2.45, 2.75) is 25.8 Å². The van der Waals surface area contributed by atoms with Gasteiger partial charge < -0.3 is 20.5 Å². The van der Waals surface area contributed by atoms with Crippen LogP contribution in [0.25, 0.3) is 0 Å². The Bertz CT molecular complexity index is 498. The Morgan fingerprint density at radius 3 is 2.80 bits per heavy atom. The van der Waals surface area contributed by atoms with Gasteiger partial charge in [0.15, 0.2) is 6.61 Å². The molecule has 0 aliphatic heterocycles. The van der Waals surface area contributed by atoms with Crippen LogP contribution in [0.5, 0.6) is 5.75 Å². The van der Waals surface area contributed by atoms with E-state index in [1.54, 1.807) is 24.3 Å². The highest BCUT2D eigenvalue weighted by molar-refractivity contribution is 5.89. The van der Waals surface area contributed by atoms with Crippen molar-refractivity contribution >= 4 is 17.7 Å². The Morgan fingerprint density at radius 2 is 2.15 bits per heavy atom. The number of benzene rings is 1. The van der Waals surface area contributed by atoms with E-state index in [9.17, 15) is 9.59 Å². The van der Waals surface area contributed by atoms with Crippen LogP contribution >= 0.6 is 0 Å². The van der Waals surface area contributed by atoms with Gasteiger partial charge >= 0.3 is 12.0 Å². The van der Waals surface area contributed by atoms with Crippen LogP contribution in [-0.2, 0) is 4.79 Å². The monoisotopic (exact) mass is 278 g/mol. The maximum absolute atomic E-state index is 11.7. The van der Waals surface area contributed by atoms with Gasteiger partial charge in [-0.05, 0) is 30.9 Å². The fourth-order valence-corrected chi connectivity index (χ4v) is 2.18. The maximum Gasteiger partial charge on any atom is 0.341 e. The topological polar surface area (TPSA) is 87.7 Å². The Morgan fingerprint density at radius 1 is 1.40 bits per heavy atom. The van der Waals surface area contributed by atoms with E-state index in [1.807, 2.05) is 0 Å². The largest absolute Gasteiger partial charge is 0.482 e. The molecule has 0 bridgehead atoms. The van der Waals surface area contributed by atoms with Crippen molar-refractivity contribution in [3.05, 3.63) is 24.3 Å². The van der Waals surface area contributed by atoms with Crippen molar-refractivity contribution in [2.75, 3.05) is 11.9 Å². The smallest absolute Gasteiger partial charge is 0.341 e. The number of hydrogen-bond acceptors (Lipinski definition) is 3. The van der Waals surface area contributed by atoms with Crippen LogP contribution in [0.3, 0.4) is 0 Å². The molecule has 0 saturated heterocycles. The van der Waals surface area contributed by atoms with Crippen LogP contribution in [0.2, 0.25) is 0 Å². The van der Waals surface area contributed by atoms with Gasteiger partial charge in [-0.2, -0.15) is 0 Å². The van der Waals surface area contributed by atoms with Crippen LogP contribution in [-0.4, -0.2) is 29.8 Å². The summed E-state index contributed by atoms with van der Waals surface area (Å²) >= 11 is 0. The zero-order valence-corrected chi connectivity index (χ0v) is 11.3. The number of carbonyl (C=O) groups is 2. The molecular formula is C14H18N2O4. The lowest BCUT2D eigenvalue weighted by Gasteiger charge is -2.33. The molecule has 6 heteroatoms. The van der Waals surface area contributed by atoms with Crippen LogP contribution < -0.4 is 15.4 Å². The normalized spacial score (nSPS) is 20.6. The van der Waals surface area contributed by atoms with Gasteiger partial charge in [-0.15, -0.1) is 0 Å². The molecule has 20 heavy (non-hydrogen) atoms. The van der Waals surface area contributed by atoms with Gasteiger partial charge in [-0.1, -0.05) is 13.0 Å². The van der Waals surface area contributed by atoms with E-state index in [0.29, 0.717) is 17.4 Å². The van der Waals surface area contributed by atoms with E-state index in [2.05, 4.69) is 17.6 Å². The summed E-state index contributed by atoms with van der Waals surface area (Å²) in [6.45, 7) is 1.74. The Hall–Kier alpha value is -2.24. The lowest BCUT2D eigenvalue weighted by Crippen LogP contribution is -2.45. The summed E-state index contributed by atoms with van der Waals surface area (Å²) in [4.78, 5) is 22.2. The Labute approximate surface area is 117 Å². The Kier molecular flexibility index (Phi) is 4.45. The number of nitrogens with one attached hydrogen (secondary N) is 2. The van der Waals surface area contributed by atoms with Crippen LogP contribution in [0, 0.1) is 5.92 Å². The second-order valence-electron chi connectivity index (χ2n) is 5.08. The van der Waals surface area contributed by atoms with E-state index in [1.165, 1.54) is 0 Å². The minimum absolute atomic E-state index is 0.247. The predicted molar refractivity (Wildman–Crippen MR) is 73.9 cm³/mol. The SMILES string of the molecule is CC1CC(NC(=O)Nc2cccc(OCC(=O)O)c2)C1. The molecule has 0 aromatic heterocycles. The van der Waals surface area contributed by atoms with Gasteiger partial charge in [0.05, 0.1) is 0 Å². The molecule has 108 valence electrons. The molecule has 1 saturated carbocycles. The van der Waals surface area contributed by atoms with E-state index in [4.69, 9.17) is 9.84 Å². The number of hydrogen-bond donors (Lipinski definition) is 3. The lowest BCUT2D eigenvalue weighted by molar-refractivity contribution is -0.139. The fraction of sp³-hybridized carbons (Fsp3) is 0.429. The number of carbonyl (C=O) groups excluding carboxylic acids is 1. The molecule has 0 radical (unpaired) electrons. The molecule has 1 aromatic carbocycles. The van der Waals surface area contributed by atoms with E-state index >= 15 is 0 Å². The molecule has 2 rings (SSSR count). The summed E-state index contributed by atoms with van der Waals surface area (Å²) in [5, 5.41) is 14.1. The van der Waals surface area contributed by atoms with Gasteiger partial charge in [0.25, 0.3) is 0 Å². The first-order valence-corrected chi connectivity index (χ1v) is 6.55. The summed E-state index contributed by atoms with van der Waals surface area (Å²) < 4.78 is 5.05. The molecule has 1 aromatic rings. The number of carboxylic acids is 1. The lowest BCUT2D eigenvalue weighted by atomic mass is 9.82. The van der Waals surface area contributed by atoms with Crippen LogP contribution in [0.1, 0.15) is 19.8 Å². The third-order valence-electron chi connectivity index (χ3n) is 3.16. The molecule has 6 nitrogen and oxygen atoms in total. The predicted octanol–water partition coefficient (Wildman–Crippen LogP) is 2.07. The number of anilines is 1. The maximum atomic E-state index is 11.7. The summed E-state index contributed by atoms with van der Waals surface area (Å²) in [7, 11) is 0. The van der Waals surface area contributed by atoms with E-state index in [0.717, 1.165) is 12.8 Å². The number of aliphatic carboxylic acids is 1. The highest BCUT2D eigenvalue weighted by Gasteiger charge is 2.26. The minimum atomic E-state index is -1.04. The zero-order valence-electron chi connectivity index (χ0n) is 11.3. The first-order chi connectivity index (χ1) is 9.52. The van der Waals surface area contributed by atoms with Gasteiger partial charge in [-0.25, -0.2) is 9.59 Å². The van der Waals surface area contributed by atoms with E-state index in [-0.39, 0.29) is 12.1 Å². The molecule has 0 atom stereocenters. The average molecular weight is 278 g/mol. The number of rotatable bonds is 5. The first-order valence-electron chi connectivity index (χ1n) is 6.55. The van der Waals surface area contributed by atoms with Crippen LogP contribution in [0.15, 0.2) is 24.3 Å². The van der Waals surface area contributed by atoms with Crippen molar-refractivity contribution in [1.82, 2.24) is 5.32 Å². The molecule has 1 aliphatic carbocycles. The van der Waals surface area contributed by atoms with Crippen molar-refractivity contribution in [3.63, 3.8) is 0 Å². The van der Waals surface area contributed by atoms with Crippen molar-refractivity contribution in [2.24, 2.45) is 5.92 Å². The molecule has 2 amide bonds. The summed E-state index contributed by atoms with van der Waals surface area (Å²) in [5.41, 5.74) is 0.567. The van der Waals surface area contributed by atoms with Crippen molar-refractivity contribution in [1.29, 1.82) is 0 Å². The molecule has 0 spiro atoms. The summed E-state index contributed by atoms with van der Waals surface area (Å²) in [6, 6.07) is 6.63. The minimum Gasteiger partial charge on any atom is -0.482 e. The van der Waals surface area contributed by atoms with Gasteiger partial charge in [-0.3, -0.25) is 0 Å². The van der Waals surface area contributed by atoms with Crippen molar-refractivity contribution in [3.8, 4) is 5.75 Å². The van der Waals surface area contributed by atoms with Gasteiger partial charge in [0.2, 0.25) is 0 Å². The summed E-state index contributed by atoms with van der Waals surface area (Å²) in [6.07, 6.45) is 2.02. The highest BCUT2D eigenvalue weighted by atomic mass is 16.5. The zero-order chi connectivity index (χ0) is 14.5. The molecular weight excluding hydrogens is 260 g/mol.